The van der Waals surface area contributed by atoms with Crippen molar-refractivity contribution in [2.45, 2.75) is 40.0 Å². The van der Waals surface area contributed by atoms with Crippen LogP contribution in [0, 0.1) is 0 Å². The minimum Gasteiger partial charge on any atom is -0.544 e. The van der Waals surface area contributed by atoms with E-state index in [0.717, 1.165) is 0 Å². The summed E-state index contributed by atoms with van der Waals surface area (Å²) < 4.78 is 11.1. The highest BCUT2D eigenvalue weighted by Crippen LogP contribution is 2.40. The van der Waals surface area contributed by atoms with E-state index >= 15 is 0 Å². The van der Waals surface area contributed by atoms with Gasteiger partial charge >= 0.3 is 7.60 Å². The normalized spacial score (nSPS) is 18.3. The zero-order valence-electron chi connectivity index (χ0n) is 12.5. The van der Waals surface area contributed by atoms with Gasteiger partial charge in [0.2, 0.25) is 0 Å². The quantitative estimate of drug-likeness (QED) is 0.222. The number of quaternary nitrogens is 1. The molecular formula is C11H26N3O5P. The molecule has 0 amide bonds. The SMILES string of the molecule is CCNC(C)[N+](CC(=O)[O-])(CP(=O)(O)O)C(C)NCC. The van der Waals surface area contributed by atoms with Crippen LogP contribution >= 0.6 is 7.60 Å². The molecule has 0 spiro atoms. The molecule has 0 aliphatic heterocycles. The Hall–Kier alpha value is -0.500. The Labute approximate surface area is 119 Å². The maximum absolute atomic E-state index is 11.5. The molecule has 0 rings (SSSR count). The molecule has 0 radical (unpaired) electrons. The van der Waals surface area contributed by atoms with Crippen LogP contribution in [0.2, 0.25) is 0 Å². The highest BCUT2D eigenvalue weighted by Gasteiger charge is 2.44. The summed E-state index contributed by atoms with van der Waals surface area (Å²) in [6, 6.07) is 0. The van der Waals surface area contributed by atoms with Crippen molar-refractivity contribution in [2.24, 2.45) is 0 Å². The first-order valence-electron chi connectivity index (χ1n) is 6.66. The van der Waals surface area contributed by atoms with Gasteiger partial charge in [0.25, 0.3) is 0 Å². The van der Waals surface area contributed by atoms with E-state index in [1.54, 1.807) is 13.8 Å². The number of carbonyl (C=O) groups excluding carboxylic acids is 1. The van der Waals surface area contributed by atoms with Gasteiger partial charge in [0.1, 0.15) is 18.9 Å². The third kappa shape index (κ3) is 5.87. The Bertz CT molecular complexity index is 348. The molecule has 20 heavy (non-hydrogen) atoms. The second-order valence-electron chi connectivity index (χ2n) is 4.91. The molecule has 0 aliphatic carbocycles. The van der Waals surface area contributed by atoms with Crippen LogP contribution in [0.4, 0.5) is 0 Å². The monoisotopic (exact) mass is 311 g/mol. The van der Waals surface area contributed by atoms with Gasteiger partial charge in [-0.25, -0.2) is 0 Å². The average molecular weight is 311 g/mol. The van der Waals surface area contributed by atoms with Gasteiger partial charge in [-0.15, -0.1) is 0 Å². The van der Waals surface area contributed by atoms with Crippen LogP contribution in [0.1, 0.15) is 27.7 Å². The van der Waals surface area contributed by atoms with Crippen LogP contribution in [0.15, 0.2) is 0 Å². The lowest BCUT2D eigenvalue weighted by molar-refractivity contribution is -0.961. The van der Waals surface area contributed by atoms with Crippen molar-refractivity contribution >= 4 is 13.6 Å². The number of nitrogens with one attached hydrogen (secondary N) is 2. The molecule has 120 valence electrons. The third-order valence-corrected chi connectivity index (χ3v) is 4.31. The molecule has 8 nitrogen and oxygen atoms in total. The van der Waals surface area contributed by atoms with E-state index in [2.05, 4.69) is 10.6 Å². The molecule has 0 saturated carbocycles. The lowest BCUT2D eigenvalue weighted by Crippen LogP contribution is -2.70. The zero-order chi connectivity index (χ0) is 16.0. The number of nitrogens with zero attached hydrogens (tertiary/aromatic N) is 1. The van der Waals surface area contributed by atoms with E-state index in [4.69, 9.17) is 0 Å². The molecule has 0 aromatic heterocycles. The summed E-state index contributed by atoms with van der Waals surface area (Å²) in [7, 11) is -4.40. The zero-order valence-corrected chi connectivity index (χ0v) is 13.4. The topological polar surface area (TPSA) is 122 Å². The van der Waals surface area contributed by atoms with Crippen LogP contribution < -0.4 is 15.7 Å². The van der Waals surface area contributed by atoms with Crippen LogP contribution in [0.5, 0.6) is 0 Å². The van der Waals surface area contributed by atoms with Crippen LogP contribution in [-0.4, -0.2) is 58.5 Å². The predicted octanol–water partition coefficient (Wildman–Crippen LogP) is -1.40. The molecule has 0 aromatic rings. The van der Waals surface area contributed by atoms with Gasteiger partial charge in [-0.05, 0) is 13.1 Å². The highest BCUT2D eigenvalue weighted by molar-refractivity contribution is 7.51. The number of rotatable bonds is 10. The molecule has 4 N–H and O–H groups in total. The molecule has 2 unspecified atom stereocenters. The van der Waals surface area contributed by atoms with Crippen molar-refractivity contribution in [1.82, 2.24) is 10.6 Å². The fourth-order valence-corrected chi connectivity index (χ4v) is 3.72. The number of hydrogen-bond donors (Lipinski definition) is 4. The summed E-state index contributed by atoms with van der Waals surface area (Å²) in [5, 5.41) is 17.2. The van der Waals surface area contributed by atoms with Crippen molar-refractivity contribution < 1.29 is 28.7 Å². The maximum Gasteiger partial charge on any atom is 0.379 e. The number of carboxylic acid groups (broad SMARTS) is 1. The molecular weight excluding hydrogens is 285 g/mol. The summed E-state index contributed by atoms with van der Waals surface area (Å²) in [5.74, 6) is -1.34. The standard InChI is InChI=1S/C11H26N3O5P/c1-5-12-9(3)14(7-11(15)16,8-20(17,18)19)10(4)13-6-2/h9-10,12-13H,5-8H2,1-4H3,(H2-,15,16,17,18,19). The summed E-state index contributed by atoms with van der Waals surface area (Å²) in [6.07, 6.45) is -1.46. The lowest BCUT2D eigenvalue weighted by atomic mass is 10.2. The van der Waals surface area contributed by atoms with Crippen molar-refractivity contribution in [2.75, 3.05) is 25.9 Å². The van der Waals surface area contributed by atoms with E-state index in [0.29, 0.717) is 13.1 Å². The van der Waals surface area contributed by atoms with E-state index in [-0.39, 0.29) is 4.48 Å². The van der Waals surface area contributed by atoms with E-state index in [1.165, 1.54) is 0 Å². The maximum atomic E-state index is 11.5. The largest absolute Gasteiger partial charge is 0.544 e. The first-order chi connectivity index (χ1) is 9.09. The minimum absolute atomic E-state index is 0.325. The van der Waals surface area contributed by atoms with Gasteiger partial charge in [-0.2, -0.15) is 0 Å². The van der Waals surface area contributed by atoms with E-state index < -0.39 is 38.7 Å². The molecule has 0 heterocycles. The first-order valence-corrected chi connectivity index (χ1v) is 8.46. The molecule has 0 aliphatic rings. The summed E-state index contributed by atoms with van der Waals surface area (Å²) in [6.45, 7) is 7.78. The minimum atomic E-state index is -4.40. The molecule has 9 heteroatoms. The van der Waals surface area contributed by atoms with Gasteiger partial charge in [-0.1, -0.05) is 13.8 Å². The van der Waals surface area contributed by atoms with Crippen LogP contribution in [0.3, 0.4) is 0 Å². The molecule has 0 bridgehead atoms. The predicted molar refractivity (Wildman–Crippen MR) is 73.3 cm³/mol. The Kier molecular flexibility index (Phi) is 7.87. The van der Waals surface area contributed by atoms with Crippen molar-refractivity contribution in [3.05, 3.63) is 0 Å². The van der Waals surface area contributed by atoms with Gasteiger partial charge in [0.05, 0.1) is 5.97 Å². The van der Waals surface area contributed by atoms with Crippen molar-refractivity contribution in [3.8, 4) is 0 Å². The number of hydrogen-bond acceptors (Lipinski definition) is 5. The highest BCUT2D eigenvalue weighted by atomic mass is 31.2. The van der Waals surface area contributed by atoms with Gasteiger partial charge in [0, 0.05) is 13.8 Å². The number of aliphatic carboxylic acids is 1. The average Bonchev–Trinajstić information content (AvgIpc) is 2.25. The van der Waals surface area contributed by atoms with Crippen molar-refractivity contribution in [1.29, 1.82) is 0 Å². The molecule has 2 atom stereocenters. The first kappa shape index (κ1) is 19.5. The third-order valence-electron chi connectivity index (χ3n) is 3.41. The van der Waals surface area contributed by atoms with E-state index in [1.807, 2.05) is 13.8 Å². The molecule has 0 saturated heterocycles. The summed E-state index contributed by atoms with van der Waals surface area (Å²) in [5.41, 5.74) is 0. The van der Waals surface area contributed by atoms with E-state index in [9.17, 15) is 24.3 Å². The Morgan fingerprint density at radius 3 is 1.85 bits per heavy atom. The van der Waals surface area contributed by atoms with Crippen LogP contribution in [0.25, 0.3) is 0 Å². The second-order valence-corrected chi connectivity index (χ2v) is 6.52. The fourth-order valence-electron chi connectivity index (χ4n) is 2.44. The Morgan fingerprint density at radius 2 is 1.60 bits per heavy atom. The Morgan fingerprint density at radius 1 is 1.20 bits per heavy atom. The Balaban J connectivity index is 5.60. The summed E-state index contributed by atoms with van der Waals surface area (Å²) in [4.78, 5) is 29.7. The second kappa shape index (κ2) is 8.07. The van der Waals surface area contributed by atoms with Crippen LogP contribution in [-0.2, 0) is 9.36 Å². The van der Waals surface area contributed by atoms with Gasteiger partial charge < -0.3 is 19.7 Å². The molecule has 0 fully saturated rings. The number of carboxylic acids is 1. The van der Waals surface area contributed by atoms with Gasteiger partial charge in [0.15, 0.2) is 6.29 Å². The lowest BCUT2D eigenvalue weighted by Gasteiger charge is -2.47. The number of carbonyl (C=O) groups is 1. The summed E-state index contributed by atoms with van der Waals surface area (Å²) >= 11 is 0. The smallest absolute Gasteiger partial charge is 0.379 e. The molecule has 0 aromatic carbocycles. The van der Waals surface area contributed by atoms with Crippen molar-refractivity contribution in [3.63, 3.8) is 0 Å². The fraction of sp³-hybridized carbons (Fsp3) is 0.909. The van der Waals surface area contributed by atoms with Gasteiger partial charge in [-0.3, -0.25) is 19.7 Å².